The third-order valence-corrected chi connectivity index (χ3v) is 5.44. The average Bonchev–Trinajstić information content (AvgIpc) is 3.08. The second kappa shape index (κ2) is 9.84. The first-order valence-electron chi connectivity index (χ1n) is 10.4. The van der Waals surface area contributed by atoms with Gasteiger partial charge in [0.25, 0.3) is 0 Å². The maximum atomic E-state index is 12.7. The van der Waals surface area contributed by atoms with Gasteiger partial charge in [-0.25, -0.2) is 4.79 Å². The number of ether oxygens (including phenoxy) is 3. The van der Waals surface area contributed by atoms with Gasteiger partial charge in [0.05, 0.1) is 32.0 Å². The van der Waals surface area contributed by atoms with E-state index in [1.807, 2.05) is 0 Å². The first kappa shape index (κ1) is 22.0. The lowest BCUT2D eigenvalue weighted by Gasteiger charge is -2.30. The van der Waals surface area contributed by atoms with E-state index in [1.165, 1.54) is 12.8 Å². The number of fused-ring (bicyclic) bond motifs is 1. The van der Waals surface area contributed by atoms with E-state index in [1.54, 1.807) is 33.3 Å². The summed E-state index contributed by atoms with van der Waals surface area (Å²) in [5.74, 6) is 1.03. The summed E-state index contributed by atoms with van der Waals surface area (Å²) in [6, 6.07) is 3.48. The van der Waals surface area contributed by atoms with Crippen molar-refractivity contribution < 1.29 is 23.8 Å². The summed E-state index contributed by atoms with van der Waals surface area (Å²) in [4.78, 5) is 30.6. The molecule has 1 aliphatic rings. The van der Waals surface area contributed by atoms with Crippen LogP contribution in [-0.2, 0) is 9.53 Å². The fourth-order valence-electron chi connectivity index (χ4n) is 3.96. The fourth-order valence-corrected chi connectivity index (χ4v) is 3.96. The van der Waals surface area contributed by atoms with Gasteiger partial charge in [-0.3, -0.25) is 4.79 Å². The molecule has 1 aromatic heterocycles. The summed E-state index contributed by atoms with van der Waals surface area (Å²) < 4.78 is 15.9. The summed E-state index contributed by atoms with van der Waals surface area (Å²) in [5, 5.41) is 3.58. The van der Waals surface area contributed by atoms with Gasteiger partial charge in [0, 0.05) is 31.0 Å². The molecule has 1 aromatic carbocycles. The number of esters is 1. The second-order valence-electron chi connectivity index (χ2n) is 7.69. The molecule has 1 fully saturated rings. The van der Waals surface area contributed by atoms with Gasteiger partial charge in [0.2, 0.25) is 5.91 Å². The highest BCUT2D eigenvalue weighted by atomic mass is 16.5. The number of carbonyl (C=O) groups is 2. The van der Waals surface area contributed by atoms with E-state index in [9.17, 15) is 9.59 Å². The van der Waals surface area contributed by atoms with Gasteiger partial charge in [0.15, 0.2) is 11.5 Å². The fraction of sp³-hybridized carbons (Fsp3) is 0.545. The van der Waals surface area contributed by atoms with E-state index < -0.39 is 5.97 Å². The van der Waals surface area contributed by atoms with Crippen LogP contribution < -0.4 is 14.8 Å². The lowest BCUT2D eigenvalue weighted by atomic mass is 10.0. The van der Waals surface area contributed by atoms with E-state index in [-0.39, 0.29) is 18.2 Å². The smallest absolute Gasteiger partial charge is 0.356 e. The van der Waals surface area contributed by atoms with Crippen LogP contribution in [0.1, 0.15) is 43.6 Å². The summed E-state index contributed by atoms with van der Waals surface area (Å²) in [5.41, 5.74) is 1.26. The van der Waals surface area contributed by atoms with Crippen molar-refractivity contribution in [2.75, 3.05) is 45.8 Å². The first-order chi connectivity index (χ1) is 14.5. The van der Waals surface area contributed by atoms with Gasteiger partial charge in [-0.1, -0.05) is 6.92 Å². The van der Waals surface area contributed by atoms with Crippen LogP contribution in [0, 0.1) is 5.92 Å². The number of benzene rings is 1. The van der Waals surface area contributed by atoms with Gasteiger partial charge in [0.1, 0.15) is 5.69 Å². The molecule has 1 amide bonds. The van der Waals surface area contributed by atoms with Crippen molar-refractivity contribution in [3.8, 4) is 11.5 Å². The molecule has 1 atom stereocenters. The molecular weight excluding hydrogens is 386 g/mol. The van der Waals surface area contributed by atoms with Gasteiger partial charge < -0.3 is 29.4 Å². The van der Waals surface area contributed by atoms with Crippen LogP contribution in [0.2, 0.25) is 0 Å². The lowest BCUT2D eigenvalue weighted by molar-refractivity contribution is -0.116. The van der Waals surface area contributed by atoms with Crippen LogP contribution in [0.25, 0.3) is 10.9 Å². The minimum absolute atomic E-state index is 0.144. The zero-order valence-electron chi connectivity index (χ0n) is 18.2. The lowest BCUT2D eigenvalue weighted by Crippen LogP contribution is -2.36. The number of rotatable bonds is 8. The number of methoxy groups -OCH3 is 2. The highest BCUT2D eigenvalue weighted by Crippen LogP contribution is 2.37. The summed E-state index contributed by atoms with van der Waals surface area (Å²) in [6.07, 6.45) is 2.76. The van der Waals surface area contributed by atoms with Crippen molar-refractivity contribution in [1.29, 1.82) is 0 Å². The Bertz CT molecular complexity index is 908. The van der Waals surface area contributed by atoms with Crippen molar-refractivity contribution in [2.24, 2.45) is 5.92 Å². The number of aromatic amines is 1. The van der Waals surface area contributed by atoms with Crippen molar-refractivity contribution in [1.82, 2.24) is 9.88 Å². The normalized spacial score (nSPS) is 17.0. The summed E-state index contributed by atoms with van der Waals surface area (Å²) in [7, 11) is 3.09. The van der Waals surface area contributed by atoms with Crippen LogP contribution in [0.4, 0.5) is 5.69 Å². The molecule has 2 heterocycles. The zero-order chi connectivity index (χ0) is 21.7. The standard InChI is InChI=1S/C22H31N3O5/c1-5-30-22(27)21-20(15-11-17(28-3)18(29-4)12-16(15)23-21)24-19(26)8-10-25-9-6-7-14(2)13-25/h11-12,14,23H,5-10,13H2,1-4H3,(H,24,26)/t14-/m1/s1. The quantitative estimate of drug-likeness (QED) is 0.640. The molecule has 0 spiro atoms. The number of piperidine rings is 1. The SMILES string of the molecule is CCOC(=O)c1[nH]c2cc(OC)c(OC)cc2c1NC(=O)CCN1CCC[C@@H](C)C1. The number of aromatic nitrogens is 1. The Hall–Kier alpha value is -2.74. The topological polar surface area (TPSA) is 92.9 Å². The van der Waals surface area contributed by atoms with Gasteiger partial charge >= 0.3 is 5.97 Å². The first-order valence-corrected chi connectivity index (χ1v) is 10.4. The van der Waals surface area contributed by atoms with E-state index >= 15 is 0 Å². The molecule has 2 aromatic rings. The van der Waals surface area contributed by atoms with Crippen molar-refractivity contribution >= 4 is 28.5 Å². The number of likely N-dealkylation sites (tertiary alicyclic amines) is 1. The van der Waals surface area contributed by atoms with Crippen molar-refractivity contribution in [3.63, 3.8) is 0 Å². The largest absolute Gasteiger partial charge is 0.493 e. The third-order valence-electron chi connectivity index (χ3n) is 5.44. The molecule has 164 valence electrons. The highest BCUT2D eigenvalue weighted by Gasteiger charge is 2.23. The minimum atomic E-state index is -0.521. The Labute approximate surface area is 176 Å². The van der Waals surface area contributed by atoms with Gasteiger partial charge in [-0.05, 0) is 38.3 Å². The molecule has 0 bridgehead atoms. The van der Waals surface area contributed by atoms with Crippen LogP contribution in [0.5, 0.6) is 11.5 Å². The van der Waals surface area contributed by atoms with Crippen LogP contribution in [0.3, 0.4) is 0 Å². The Morgan fingerprint density at radius 2 is 1.97 bits per heavy atom. The summed E-state index contributed by atoms with van der Waals surface area (Å²) >= 11 is 0. The highest BCUT2D eigenvalue weighted by molar-refractivity contribution is 6.11. The number of hydrogen-bond acceptors (Lipinski definition) is 6. The number of amides is 1. The Kier molecular flexibility index (Phi) is 7.20. The molecule has 0 unspecified atom stereocenters. The number of nitrogens with one attached hydrogen (secondary N) is 2. The Morgan fingerprint density at radius 3 is 2.63 bits per heavy atom. The van der Waals surface area contributed by atoms with E-state index in [4.69, 9.17) is 14.2 Å². The molecule has 30 heavy (non-hydrogen) atoms. The third kappa shape index (κ3) is 4.87. The molecule has 0 radical (unpaired) electrons. The Morgan fingerprint density at radius 1 is 1.23 bits per heavy atom. The van der Waals surface area contributed by atoms with Crippen molar-refractivity contribution in [2.45, 2.75) is 33.1 Å². The molecule has 1 aliphatic heterocycles. The molecule has 0 saturated carbocycles. The number of H-pyrrole nitrogens is 1. The van der Waals surface area contributed by atoms with E-state index in [0.29, 0.717) is 47.0 Å². The summed E-state index contributed by atoms with van der Waals surface area (Å²) in [6.45, 7) is 6.96. The molecule has 3 rings (SSSR count). The van der Waals surface area contributed by atoms with E-state index in [2.05, 4.69) is 22.1 Å². The maximum absolute atomic E-state index is 12.7. The molecule has 0 aliphatic carbocycles. The monoisotopic (exact) mass is 417 g/mol. The number of nitrogens with zero attached hydrogens (tertiary/aromatic N) is 1. The predicted octanol–water partition coefficient (Wildman–Crippen LogP) is 3.42. The molecule has 8 heteroatoms. The molecule has 1 saturated heterocycles. The Balaban J connectivity index is 1.85. The number of carbonyl (C=O) groups excluding carboxylic acids is 2. The van der Waals surface area contributed by atoms with Gasteiger partial charge in [-0.2, -0.15) is 0 Å². The average molecular weight is 418 g/mol. The van der Waals surface area contributed by atoms with Gasteiger partial charge in [-0.15, -0.1) is 0 Å². The molecule has 8 nitrogen and oxygen atoms in total. The number of hydrogen-bond donors (Lipinski definition) is 2. The molecule has 2 N–H and O–H groups in total. The molecular formula is C22H31N3O5. The zero-order valence-corrected chi connectivity index (χ0v) is 18.2. The van der Waals surface area contributed by atoms with Crippen molar-refractivity contribution in [3.05, 3.63) is 17.8 Å². The van der Waals surface area contributed by atoms with E-state index in [0.717, 1.165) is 13.1 Å². The predicted molar refractivity (Wildman–Crippen MR) is 115 cm³/mol. The van der Waals surface area contributed by atoms with Crippen LogP contribution in [-0.4, -0.2) is 62.2 Å². The van der Waals surface area contributed by atoms with Crippen LogP contribution in [0.15, 0.2) is 12.1 Å². The van der Waals surface area contributed by atoms with Crippen LogP contribution >= 0.6 is 0 Å². The minimum Gasteiger partial charge on any atom is -0.493 e. The maximum Gasteiger partial charge on any atom is 0.356 e. The second-order valence-corrected chi connectivity index (χ2v) is 7.69. The number of anilines is 1.